The molecule has 0 unspecified atom stereocenters. The van der Waals surface area contributed by atoms with Gasteiger partial charge in [0.2, 0.25) is 0 Å². The third-order valence-electron chi connectivity index (χ3n) is 3.93. The minimum absolute atomic E-state index is 0.350. The molecule has 1 saturated heterocycles. The zero-order chi connectivity index (χ0) is 20.1. The van der Waals surface area contributed by atoms with E-state index < -0.39 is 5.91 Å². The maximum atomic E-state index is 11.7. The van der Waals surface area contributed by atoms with Crippen molar-refractivity contribution < 1.29 is 23.8 Å². The topological polar surface area (TPSA) is 73.9 Å². The number of carbonyl (C=O) groups is 2. The van der Waals surface area contributed by atoms with Gasteiger partial charge in [0.1, 0.15) is 19.0 Å². The molecule has 0 spiro atoms. The van der Waals surface area contributed by atoms with Crippen LogP contribution in [-0.2, 0) is 4.79 Å². The summed E-state index contributed by atoms with van der Waals surface area (Å²) in [6, 6.07) is 11.4. The summed E-state index contributed by atoms with van der Waals surface area (Å²) in [5.74, 6) is 1.54. The van der Waals surface area contributed by atoms with E-state index in [4.69, 9.17) is 14.2 Å². The number of carbonyl (C=O) groups excluding carboxylic acids is 2. The van der Waals surface area contributed by atoms with Gasteiger partial charge in [0.25, 0.3) is 11.1 Å². The Morgan fingerprint density at radius 3 is 2.32 bits per heavy atom. The van der Waals surface area contributed by atoms with E-state index in [9.17, 15) is 9.59 Å². The zero-order valence-corrected chi connectivity index (χ0v) is 16.7. The normalized spacial score (nSPS) is 14.9. The van der Waals surface area contributed by atoms with Crippen LogP contribution in [0.15, 0.2) is 41.3 Å². The van der Waals surface area contributed by atoms with Gasteiger partial charge < -0.3 is 14.2 Å². The number of methoxy groups -OCH3 is 1. The molecule has 0 aliphatic carbocycles. The molecule has 3 rings (SSSR count). The molecule has 0 radical (unpaired) electrons. The molecular weight excluding hydrogens is 378 g/mol. The largest absolute Gasteiger partial charge is 0.493 e. The Bertz CT molecular complexity index is 918. The van der Waals surface area contributed by atoms with Gasteiger partial charge in [-0.05, 0) is 72.6 Å². The minimum atomic E-state index is -0.391. The average molecular weight is 399 g/mol. The number of ether oxygens (including phenoxy) is 3. The molecule has 28 heavy (non-hydrogen) atoms. The number of hydrogen-bond acceptors (Lipinski definition) is 6. The standard InChI is InChI=1S/C21H21NO5S/c1-13-8-14(2)10-16(9-13)26-6-7-27-17-5-4-15(11-18(17)25-3)12-19-20(23)22-21(24)28-19/h4-5,8-12H,6-7H2,1-3H3,(H,22,23,24)/b19-12-. The molecule has 1 fully saturated rings. The van der Waals surface area contributed by atoms with Gasteiger partial charge in [0.05, 0.1) is 12.0 Å². The monoisotopic (exact) mass is 399 g/mol. The Kier molecular flexibility index (Phi) is 6.26. The zero-order valence-electron chi connectivity index (χ0n) is 15.9. The molecule has 2 amide bonds. The summed E-state index contributed by atoms with van der Waals surface area (Å²) in [5.41, 5.74) is 3.04. The Morgan fingerprint density at radius 1 is 0.964 bits per heavy atom. The van der Waals surface area contributed by atoms with Crippen molar-refractivity contribution in [3.05, 3.63) is 58.0 Å². The van der Waals surface area contributed by atoms with Crippen molar-refractivity contribution in [3.8, 4) is 17.2 Å². The molecule has 146 valence electrons. The van der Waals surface area contributed by atoms with Gasteiger partial charge >= 0.3 is 0 Å². The van der Waals surface area contributed by atoms with E-state index in [0.29, 0.717) is 29.6 Å². The summed E-state index contributed by atoms with van der Waals surface area (Å²) in [5, 5.41) is 1.86. The lowest BCUT2D eigenvalue weighted by Crippen LogP contribution is -2.17. The van der Waals surface area contributed by atoms with Crippen LogP contribution in [0.4, 0.5) is 4.79 Å². The second-order valence-electron chi connectivity index (χ2n) is 6.28. The number of rotatable bonds is 7. The molecule has 2 aromatic rings. The third-order valence-corrected chi connectivity index (χ3v) is 4.74. The van der Waals surface area contributed by atoms with Gasteiger partial charge in [0, 0.05) is 0 Å². The molecule has 0 saturated carbocycles. The average Bonchev–Trinajstić information content (AvgIpc) is 2.95. The highest BCUT2D eigenvalue weighted by Gasteiger charge is 2.25. The number of hydrogen-bond donors (Lipinski definition) is 1. The molecule has 7 heteroatoms. The molecule has 1 N–H and O–H groups in total. The second kappa shape index (κ2) is 8.84. The van der Waals surface area contributed by atoms with Crippen molar-refractivity contribution in [3.63, 3.8) is 0 Å². The van der Waals surface area contributed by atoms with E-state index >= 15 is 0 Å². The lowest BCUT2D eigenvalue weighted by atomic mass is 10.1. The SMILES string of the molecule is COc1cc(/C=C2\SC(=O)NC2=O)ccc1OCCOc1cc(C)cc(C)c1. The first-order chi connectivity index (χ1) is 13.4. The predicted octanol–water partition coefficient (Wildman–Crippen LogP) is 4.09. The fourth-order valence-corrected chi connectivity index (χ4v) is 3.48. The van der Waals surface area contributed by atoms with Crippen molar-refractivity contribution in [2.24, 2.45) is 0 Å². The Balaban J connectivity index is 1.60. The summed E-state index contributed by atoms with van der Waals surface area (Å²) in [6.45, 7) is 4.82. The second-order valence-corrected chi connectivity index (χ2v) is 7.30. The third kappa shape index (κ3) is 5.07. The van der Waals surface area contributed by atoms with E-state index in [2.05, 4.69) is 11.4 Å². The van der Waals surface area contributed by atoms with Crippen molar-refractivity contribution in [2.45, 2.75) is 13.8 Å². The fourth-order valence-electron chi connectivity index (χ4n) is 2.79. The first kappa shape index (κ1) is 19.8. The summed E-state index contributed by atoms with van der Waals surface area (Å²) < 4.78 is 16.9. The van der Waals surface area contributed by atoms with Gasteiger partial charge in [-0.25, -0.2) is 0 Å². The van der Waals surface area contributed by atoms with Crippen molar-refractivity contribution in [2.75, 3.05) is 20.3 Å². The molecule has 1 heterocycles. The fraction of sp³-hybridized carbons (Fsp3) is 0.238. The maximum absolute atomic E-state index is 11.7. The molecule has 6 nitrogen and oxygen atoms in total. The number of amides is 2. The Labute approximate surface area is 167 Å². The van der Waals surface area contributed by atoms with Crippen LogP contribution >= 0.6 is 11.8 Å². The Morgan fingerprint density at radius 2 is 1.68 bits per heavy atom. The maximum Gasteiger partial charge on any atom is 0.290 e. The van der Waals surface area contributed by atoms with Crippen molar-refractivity contribution in [1.82, 2.24) is 5.32 Å². The lowest BCUT2D eigenvalue weighted by Gasteiger charge is -2.12. The van der Waals surface area contributed by atoms with E-state index in [1.54, 1.807) is 31.4 Å². The highest BCUT2D eigenvalue weighted by Crippen LogP contribution is 2.31. The summed E-state index contributed by atoms with van der Waals surface area (Å²) in [6.07, 6.45) is 1.64. The first-order valence-corrected chi connectivity index (χ1v) is 9.53. The minimum Gasteiger partial charge on any atom is -0.493 e. The van der Waals surface area contributed by atoms with Gasteiger partial charge in [-0.15, -0.1) is 0 Å². The van der Waals surface area contributed by atoms with Gasteiger partial charge in [-0.3, -0.25) is 14.9 Å². The number of aryl methyl sites for hydroxylation is 2. The number of benzene rings is 2. The summed E-state index contributed by atoms with van der Waals surface area (Å²) >= 11 is 0.876. The Hall–Kier alpha value is -2.93. The van der Waals surface area contributed by atoms with Crippen LogP contribution in [0.1, 0.15) is 16.7 Å². The molecule has 0 bridgehead atoms. The molecule has 1 aliphatic rings. The van der Waals surface area contributed by atoms with Crippen LogP contribution in [-0.4, -0.2) is 31.5 Å². The number of thioether (sulfide) groups is 1. The molecule has 1 aliphatic heterocycles. The van der Waals surface area contributed by atoms with Crippen LogP contribution < -0.4 is 19.5 Å². The molecule has 2 aromatic carbocycles. The predicted molar refractivity (Wildman–Crippen MR) is 109 cm³/mol. The van der Waals surface area contributed by atoms with Crippen LogP contribution in [0.5, 0.6) is 17.2 Å². The van der Waals surface area contributed by atoms with Crippen molar-refractivity contribution in [1.29, 1.82) is 0 Å². The number of imide groups is 1. The van der Waals surface area contributed by atoms with Crippen LogP contribution in [0.25, 0.3) is 6.08 Å². The molecular formula is C21H21NO5S. The van der Waals surface area contributed by atoms with Gasteiger partial charge in [0.15, 0.2) is 11.5 Å². The van der Waals surface area contributed by atoms with Crippen molar-refractivity contribution >= 4 is 29.0 Å². The summed E-state index contributed by atoms with van der Waals surface area (Å²) in [7, 11) is 1.55. The van der Waals surface area contributed by atoms with E-state index in [-0.39, 0.29) is 5.24 Å². The van der Waals surface area contributed by atoms with Gasteiger partial charge in [-0.1, -0.05) is 12.1 Å². The molecule has 0 aromatic heterocycles. The van der Waals surface area contributed by atoms with Crippen LogP contribution in [0, 0.1) is 13.8 Å². The highest BCUT2D eigenvalue weighted by atomic mass is 32.2. The molecule has 0 atom stereocenters. The van der Waals surface area contributed by atoms with Crippen LogP contribution in [0.3, 0.4) is 0 Å². The van der Waals surface area contributed by atoms with Crippen LogP contribution in [0.2, 0.25) is 0 Å². The number of nitrogens with one attached hydrogen (secondary N) is 1. The quantitative estimate of drug-likeness (QED) is 0.558. The summed E-state index contributed by atoms with van der Waals surface area (Å²) in [4.78, 5) is 23.3. The first-order valence-electron chi connectivity index (χ1n) is 8.71. The van der Waals surface area contributed by atoms with E-state index in [1.807, 2.05) is 26.0 Å². The smallest absolute Gasteiger partial charge is 0.290 e. The van der Waals surface area contributed by atoms with E-state index in [1.165, 1.54) is 0 Å². The van der Waals surface area contributed by atoms with Gasteiger partial charge in [-0.2, -0.15) is 0 Å². The lowest BCUT2D eigenvalue weighted by molar-refractivity contribution is -0.115. The highest BCUT2D eigenvalue weighted by molar-refractivity contribution is 8.18. The van der Waals surface area contributed by atoms with E-state index in [0.717, 1.165) is 34.2 Å².